The van der Waals surface area contributed by atoms with Crippen molar-refractivity contribution in [3.63, 3.8) is 0 Å². The van der Waals surface area contributed by atoms with Crippen LogP contribution in [0.25, 0.3) is 15.9 Å². The van der Waals surface area contributed by atoms with Crippen molar-refractivity contribution in [2.45, 2.75) is 6.92 Å². The summed E-state index contributed by atoms with van der Waals surface area (Å²) in [6.45, 7) is 1.55. The van der Waals surface area contributed by atoms with Crippen molar-refractivity contribution in [1.29, 1.82) is 0 Å². The maximum absolute atomic E-state index is 12.5. The van der Waals surface area contributed by atoms with Crippen LogP contribution in [0.3, 0.4) is 0 Å². The van der Waals surface area contributed by atoms with Crippen LogP contribution in [-0.2, 0) is 9.53 Å². The van der Waals surface area contributed by atoms with Crippen LogP contribution in [0.5, 0.6) is 0 Å². The second-order valence-corrected chi connectivity index (χ2v) is 8.26. The summed E-state index contributed by atoms with van der Waals surface area (Å²) in [4.78, 5) is 28.0. The summed E-state index contributed by atoms with van der Waals surface area (Å²) in [5.74, 6) is -0.919. The van der Waals surface area contributed by atoms with Crippen molar-refractivity contribution in [2.75, 3.05) is 30.9 Å². The van der Waals surface area contributed by atoms with Crippen molar-refractivity contribution in [3.05, 3.63) is 71.2 Å². The van der Waals surface area contributed by atoms with E-state index in [1.165, 1.54) is 11.3 Å². The summed E-state index contributed by atoms with van der Waals surface area (Å²) in [6, 6.07) is 18.9. The van der Waals surface area contributed by atoms with Gasteiger partial charge >= 0.3 is 5.97 Å². The van der Waals surface area contributed by atoms with Gasteiger partial charge in [-0.15, -0.1) is 11.3 Å². The fourth-order valence-electron chi connectivity index (χ4n) is 3.13. The Morgan fingerprint density at radius 1 is 1.10 bits per heavy atom. The monoisotopic (exact) mass is 434 g/mol. The van der Waals surface area contributed by atoms with Crippen molar-refractivity contribution in [1.82, 2.24) is 9.78 Å². The van der Waals surface area contributed by atoms with E-state index in [2.05, 4.69) is 10.4 Å². The van der Waals surface area contributed by atoms with Gasteiger partial charge in [0.05, 0.1) is 11.4 Å². The fourth-order valence-corrected chi connectivity index (χ4v) is 4.21. The molecule has 0 spiro atoms. The number of aryl methyl sites for hydroxylation is 1. The van der Waals surface area contributed by atoms with Crippen LogP contribution in [-0.4, -0.2) is 42.4 Å². The topological polar surface area (TPSA) is 76.5 Å². The van der Waals surface area contributed by atoms with Crippen LogP contribution in [0.2, 0.25) is 0 Å². The normalized spacial score (nSPS) is 10.8. The molecule has 0 bridgehead atoms. The van der Waals surface area contributed by atoms with E-state index in [0.717, 1.165) is 27.3 Å². The van der Waals surface area contributed by atoms with E-state index < -0.39 is 11.9 Å². The Kier molecular flexibility index (Phi) is 5.73. The zero-order valence-corrected chi connectivity index (χ0v) is 18.3. The average molecular weight is 435 g/mol. The summed E-state index contributed by atoms with van der Waals surface area (Å²) in [5, 5.41) is 8.19. The molecule has 4 rings (SSSR count). The van der Waals surface area contributed by atoms with Gasteiger partial charge in [0.25, 0.3) is 5.91 Å². The molecule has 0 unspecified atom stereocenters. The molecule has 0 aliphatic rings. The number of para-hydroxylation sites is 1. The predicted octanol–water partition coefficient (Wildman–Crippen LogP) is 4.26. The van der Waals surface area contributed by atoms with Crippen molar-refractivity contribution >= 4 is 44.8 Å². The standard InChI is InChI=1S/C23H22N4O3S/c1-15-19-13-20(31-22(19)27(25-15)18-7-5-4-6-8-18)23(29)30-14-21(28)24-16-9-11-17(12-10-16)26(2)3/h4-13H,14H2,1-3H3,(H,24,28). The number of fused-ring (bicyclic) bond motifs is 1. The molecule has 0 saturated heterocycles. The molecule has 0 radical (unpaired) electrons. The van der Waals surface area contributed by atoms with Gasteiger partial charge in [0.1, 0.15) is 9.71 Å². The zero-order chi connectivity index (χ0) is 22.0. The molecule has 2 heterocycles. The lowest BCUT2D eigenvalue weighted by atomic mass is 10.2. The molecule has 0 fully saturated rings. The van der Waals surface area contributed by atoms with Gasteiger partial charge in [-0.25, -0.2) is 9.48 Å². The highest BCUT2D eigenvalue weighted by Gasteiger charge is 2.19. The summed E-state index contributed by atoms with van der Waals surface area (Å²) < 4.78 is 7.05. The molecule has 1 N–H and O–H groups in total. The number of carbonyl (C=O) groups excluding carboxylic acids is 2. The molecule has 4 aromatic rings. The van der Waals surface area contributed by atoms with E-state index in [-0.39, 0.29) is 6.61 Å². The number of anilines is 2. The minimum atomic E-state index is -0.529. The van der Waals surface area contributed by atoms with Gasteiger partial charge in [0.15, 0.2) is 6.61 Å². The maximum Gasteiger partial charge on any atom is 0.348 e. The third-order valence-corrected chi connectivity index (χ3v) is 5.84. The van der Waals surface area contributed by atoms with E-state index in [9.17, 15) is 9.59 Å². The van der Waals surface area contributed by atoms with Gasteiger partial charge in [0.2, 0.25) is 0 Å². The van der Waals surface area contributed by atoms with Crippen LogP contribution in [0.15, 0.2) is 60.7 Å². The Morgan fingerprint density at radius 2 is 1.81 bits per heavy atom. The number of rotatable bonds is 6. The Morgan fingerprint density at radius 3 is 2.48 bits per heavy atom. The number of hydrogen-bond donors (Lipinski definition) is 1. The first-order valence-electron chi connectivity index (χ1n) is 9.71. The number of amides is 1. The second kappa shape index (κ2) is 8.61. The summed E-state index contributed by atoms with van der Waals surface area (Å²) >= 11 is 1.30. The number of nitrogens with one attached hydrogen (secondary N) is 1. The van der Waals surface area contributed by atoms with E-state index >= 15 is 0 Å². The number of esters is 1. The third kappa shape index (κ3) is 4.44. The van der Waals surface area contributed by atoms with Crippen molar-refractivity contribution < 1.29 is 14.3 Å². The first-order chi connectivity index (χ1) is 14.9. The lowest BCUT2D eigenvalue weighted by Crippen LogP contribution is -2.20. The Labute approximate surface area is 183 Å². The van der Waals surface area contributed by atoms with Crippen molar-refractivity contribution in [3.8, 4) is 5.69 Å². The fraction of sp³-hybridized carbons (Fsp3) is 0.174. The van der Waals surface area contributed by atoms with Gasteiger partial charge in [-0.1, -0.05) is 18.2 Å². The molecular formula is C23H22N4O3S. The number of ether oxygens (including phenoxy) is 1. The van der Waals surface area contributed by atoms with Crippen LogP contribution in [0.1, 0.15) is 15.4 Å². The SMILES string of the molecule is Cc1nn(-c2ccccc2)c2sc(C(=O)OCC(=O)Nc3ccc(N(C)C)cc3)cc12. The van der Waals surface area contributed by atoms with Gasteiger partial charge in [-0.3, -0.25) is 4.79 Å². The molecule has 8 heteroatoms. The Hall–Kier alpha value is -3.65. The van der Waals surface area contributed by atoms with Crippen LogP contribution >= 0.6 is 11.3 Å². The number of nitrogens with zero attached hydrogens (tertiary/aromatic N) is 3. The molecule has 0 aliphatic carbocycles. The van der Waals surface area contributed by atoms with Gasteiger partial charge in [-0.05, 0) is 49.4 Å². The van der Waals surface area contributed by atoms with Gasteiger partial charge in [0, 0.05) is 30.9 Å². The number of thiophene rings is 1. The number of aromatic nitrogens is 2. The molecule has 0 atom stereocenters. The van der Waals surface area contributed by atoms with Gasteiger partial charge in [-0.2, -0.15) is 5.10 Å². The van der Waals surface area contributed by atoms with Crippen LogP contribution in [0, 0.1) is 6.92 Å². The van der Waals surface area contributed by atoms with Crippen LogP contribution in [0.4, 0.5) is 11.4 Å². The second-order valence-electron chi connectivity index (χ2n) is 7.23. The molecule has 2 aromatic heterocycles. The largest absolute Gasteiger partial charge is 0.451 e. The molecule has 0 saturated carbocycles. The highest BCUT2D eigenvalue weighted by molar-refractivity contribution is 7.20. The zero-order valence-electron chi connectivity index (χ0n) is 17.5. The van der Waals surface area contributed by atoms with E-state index in [1.807, 2.05) is 73.1 Å². The first-order valence-corrected chi connectivity index (χ1v) is 10.5. The number of hydrogen-bond acceptors (Lipinski definition) is 6. The molecule has 2 aromatic carbocycles. The van der Waals surface area contributed by atoms with Crippen LogP contribution < -0.4 is 10.2 Å². The van der Waals surface area contributed by atoms with Crippen molar-refractivity contribution in [2.24, 2.45) is 0 Å². The lowest BCUT2D eigenvalue weighted by Gasteiger charge is -2.13. The van der Waals surface area contributed by atoms with E-state index in [4.69, 9.17) is 4.74 Å². The minimum Gasteiger partial charge on any atom is -0.451 e. The van der Waals surface area contributed by atoms with E-state index in [1.54, 1.807) is 18.2 Å². The molecular weight excluding hydrogens is 412 g/mol. The highest BCUT2D eigenvalue weighted by Crippen LogP contribution is 2.30. The maximum atomic E-state index is 12.5. The molecule has 158 valence electrons. The molecule has 31 heavy (non-hydrogen) atoms. The quantitative estimate of drug-likeness (QED) is 0.459. The Balaban J connectivity index is 1.42. The summed E-state index contributed by atoms with van der Waals surface area (Å²) in [6.07, 6.45) is 0. The number of carbonyl (C=O) groups is 2. The average Bonchev–Trinajstić information content (AvgIpc) is 3.34. The minimum absolute atomic E-state index is 0.355. The lowest BCUT2D eigenvalue weighted by molar-refractivity contribution is -0.119. The summed E-state index contributed by atoms with van der Waals surface area (Å²) in [7, 11) is 3.89. The summed E-state index contributed by atoms with van der Waals surface area (Å²) in [5.41, 5.74) is 3.42. The smallest absolute Gasteiger partial charge is 0.348 e. The Bertz CT molecular complexity index is 1230. The molecule has 1 amide bonds. The predicted molar refractivity (Wildman–Crippen MR) is 123 cm³/mol. The van der Waals surface area contributed by atoms with E-state index in [0.29, 0.717) is 10.6 Å². The molecule has 0 aliphatic heterocycles. The molecule has 7 nitrogen and oxygen atoms in total. The highest BCUT2D eigenvalue weighted by atomic mass is 32.1. The first kappa shape index (κ1) is 20.6. The van der Waals surface area contributed by atoms with Gasteiger partial charge < -0.3 is 15.0 Å². The third-order valence-electron chi connectivity index (χ3n) is 4.75. The number of benzene rings is 2.